The number of halogens is 2. The van der Waals surface area contributed by atoms with Gasteiger partial charge in [-0.15, -0.1) is 24.8 Å². The number of morpholine rings is 1. The first-order valence-corrected chi connectivity index (χ1v) is 9.28. The van der Waals surface area contributed by atoms with E-state index >= 15 is 0 Å². The molecule has 1 aliphatic heterocycles. The lowest BCUT2D eigenvalue weighted by atomic mass is 10.1. The number of nitrogen functional groups attached to an aromatic ring is 1. The molecule has 0 spiro atoms. The molecule has 8 heteroatoms. The zero-order chi connectivity index (χ0) is 19.1. The fourth-order valence-electron chi connectivity index (χ4n) is 3.06. The van der Waals surface area contributed by atoms with Crippen molar-refractivity contribution in [2.24, 2.45) is 0 Å². The fraction of sp³-hybridized carbons (Fsp3) is 0.381. The average molecular weight is 442 g/mol. The summed E-state index contributed by atoms with van der Waals surface area (Å²) in [5.41, 5.74) is 8.83. The second-order valence-electron chi connectivity index (χ2n) is 6.67. The minimum absolute atomic E-state index is 0. The number of rotatable bonds is 7. The molecule has 1 fully saturated rings. The van der Waals surface area contributed by atoms with Crippen LogP contribution in [-0.4, -0.2) is 50.3 Å². The fourth-order valence-corrected chi connectivity index (χ4v) is 3.06. The van der Waals surface area contributed by atoms with E-state index in [4.69, 9.17) is 15.2 Å². The van der Waals surface area contributed by atoms with Crippen LogP contribution in [0.5, 0.6) is 5.75 Å². The lowest BCUT2D eigenvalue weighted by Gasteiger charge is -2.26. The number of aryl methyl sites for hydroxylation is 1. The Morgan fingerprint density at radius 3 is 2.66 bits per heavy atom. The number of anilines is 1. The highest BCUT2D eigenvalue weighted by Gasteiger charge is 2.12. The van der Waals surface area contributed by atoms with Gasteiger partial charge in [-0.25, -0.2) is 0 Å². The van der Waals surface area contributed by atoms with E-state index in [1.165, 1.54) is 0 Å². The number of carbonyl (C=O) groups excluding carboxylic acids is 1. The summed E-state index contributed by atoms with van der Waals surface area (Å²) in [6.45, 7) is 7.24. The third-order valence-corrected chi connectivity index (χ3v) is 4.69. The second kappa shape index (κ2) is 12.5. The van der Waals surface area contributed by atoms with Crippen molar-refractivity contribution in [1.29, 1.82) is 0 Å². The van der Waals surface area contributed by atoms with Crippen LogP contribution >= 0.6 is 24.8 Å². The van der Waals surface area contributed by atoms with Gasteiger partial charge in [0.05, 0.1) is 13.2 Å². The Labute approximate surface area is 184 Å². The molecule has 0 unspecified atom stereocenters. The smallest absolute Gasteiger partial charge is 0.251 e. The molecule has 3 rings (SSSR count). The molecule has 3 N–H and O–H groups in total. The highest BCUT2D eigenvalue weighted by Crippen LogP contribution is 2.19. The molecule has 0 aromatic heterocycles. The number of hydrogen-bond donors (Lipinski definition) is 2. The van der Waals surface area contributed by atoms with E-state index in [2.05, 4.69) is 10.2 Å². The van der Waals surface area contributed by atoms with Crippen molar-refractivity contribution in [3.05, 3.63) is 59.2 Å². The Morgan fingerprint density at radius 1 is 1.17 bits per heavy atom. The van der Waals surface area contributed by atoms with Crippen LogP contribution in [0, 0.1) is 6.92 Å². The maximum absolute atomic E-state index is 12.5. The first kappa shape index (κ1) is 25.0. The SMILES string of the molecule is Cc1ccc(N)cc1C(=O)NCc1ccccc1OCCN1CCOCC1.Cl.Cl. The van der Waals surface area contributed by atoms with Gasteiger partial charge in [0.25, 0.3) is 5.91 Å². The molecular formula is C21H29Cl2N3O3. The average Bonchev–Trinajstić information content (AvgIpc) is 2.69. The molecule has 0 radical (unpaired) electrons. The third kappa shape index (κ3) is 7.40. The van der Waals surface area contributed by atoms with E-state index in [0.29, 0.717) is 24.4 Å². The van der Waals surface area contributed by atoms with E-state index in [9.17, 15) is 4.79 Å². The van der Waals surface area contributed by atoms with Crippen molar-refractivity contribution in [3.8, 4) is 5.75 Å². The predicted octanol–water partition coefficient (Wildman–Crippen LogP) is 3.06. The van der Waals surface area contributed by atoms with Gasteiger partial charge in [0, 0.05) is 43.0 Å². The summed E-state index contributed by atoms with van der Waals surface area (Å²) >= 11 is 0. The van der Waals surface area contributed by atoms with Gasteiger partial charge in [0.15, 0.2) is 0 Å². The monoisotopic (exact) mass is 441 g/mol. The zero-order valence-corrected chi connectivity index (χ0v) is 18.2. The molecule has 2 aromatic rings. The summed E-state index contributed by atoms with van der Waals surface area (Å²) in [7, 11) is 0. The molecule has 1 saturated heterocycles. The molecular weight excluding hydrogens is 413 g/mol. The van der Waals surface area contributed by atoms with Crippen molar-refractivity contribution in [2.75, 3.05) is 45.2 Å². The van der Waals surface area contributed by atoms with Gasteiger partial charge < -0.3 is 20.5 Å². The first-order chi connectivity index (χ1) is 13.1. The molecule has 0 atom stereocenters. The summed E-state index contributed by atoms with van der Waals surface area (Å²) in [4.78, 5) is 14.8. The molecule has 0 bridgehead atoms. The topological polar surface area (TPSA) is 76.8 Å². The molecule has 0 aliphatic carbocycles. The number of nitrogens with one attached hydrogen (secondary N) is 1. The van der Waals surface area contributed by atoms with Crippen molar-refractivity contribution in [1.82, 2.24) is 10.2 Å². The second-order valence-corrected chi connectivity index (χ2v) is 6.67. The molecule has 6 nitrogen and oxygen atoms in total. The van der Waals surface area contributed by atoms with Crippen molar-refractivity contribution in [3.63, 3.8) is 0 Å². The summed E-state index contributed by atoms with van der Waals surface area (Å²) in [5.74, 6) is 0.665. The van der Waals surface area contributed by atoms with Crippen LogP contribution in [-0.2, 0) is 11.3 Å². The predicted molar refractivity (Wildman–Crippen MR) is 120 cm³/mol. The third-order valence-electron chi connectivity index (χ3n) is 4.69. The minimum Gasteiger partial charge on any atom is -0.492 e. The standard InChI is InChI=1S/C21H27N3O3.2ClH/c1-16-6-7-18(22)14-19(16)21(25)23-15-17-4-2-3-5-20(17)27-13-10-24-8-11-26-12-9-24;;/h2-7,14H,8-13,15,22H2,1H3,(H,23,25);2*1H. The van der Waals surface area contributed by atoms with Gasteiger partial charge in [0.1, 0.15) is 12.4 Å². The quantitative estimate of drug-likeness (QED) is 0.645. The Morgan fingerprint density at radius 2 is 1.90 bits per heavy atom. The Kier molecular flexibility index (Phi) is 10.8. The molecule has 1 heterocycles. The molecule has 1 amide bonds. The van der Waals surface area contributed by atoms with Gasteiger partial charge in [-0.1, -0.05) is 24.3 Å². The van der Waals surface area contributed by atoms with Crippen LogP contribution in [0.15, 0.2) is 42.5 Å². The number of nitrogens with two attached hydrogens (primary N) is 1. The Hall–Kier alpha value is -1.99. The summed E-state index contributed by atoms with van der Waals surface area (Å²) in [6, 6.07) is 13.1. The number of nitrogens with zero attached hydrogens (tertiary/aromatic N) is 1. The van der Waals surface area contributed by atoms with Crippen LogP contribution in [0.2, 0.25) is 0 Å². The van der Waals surface area contributed by atoms with E-state index in [-0.39, 0.29) is 30.7 Å². The Bertz CT molecular complexity index is 784. The van der Waals surface area contributed by atoms with Gasteiger partial charge in [-0.3, -0.25) is 9.69 Å². The van der Waals surface area contributed by atoms with Crippen LogP contribution < -0.4 is 15.8 Å². The highest BCUT2D eigenvalue weighted by molar-refractivity contribution is 5.96. The maximum Gasteiger partial charge on any atom is 0.251 e. The molecule has 160 valence electrons. The van der Waals surface area contributed by atoms with Crippen molar-refractivity contribution >= 4 is 36.4 Å². The van der Waals surface area contributed by atoms with E-state index < -0.39 is 0 Å². The van der Waals surface area contributed by atoms with Gasteiger partial charge in [-0.2, -0.15) is 0 Å². The summed E-state index contributed by atoms with van der Waals surface area (Å²) in [5, 5.41) is 2.96. The van der Waals surface area contributed by atoms with Crippen molar-refractivity contribution in [2.45, 2.75) is 13.5 Å². The zero-order valence-electron chi connectivity index (χ0n) is 16.6. The number of carbonyl (C=O) groups is 1. The van der Waals surface area contributed by atoms with Crippen LogP contribution in [0.1, 0.15) is 21.5 Å². The number of para-hydroxylation sites is 1. The largest absolute Gasteiger partial charge is 0.492 e. The summed E-state index contributed by atoms with van der Waals surface area (Å²) in [6.07, 6.45) is 0. The highest BCUT2D eigenvalue weighted by atomic mass is 35.5. The number of benzene rings is 2. The minimum atomic E-state index is -0.136. The lowest BCUT2D eigenvalue weighted by Crippen LogP contribution is -2.38. The maximum atomic E-state index is 12.5. The molecule has 2 aromatic carbocycles. The van der Waals surface area contributed by atoms with E-state index in [1.807, 2.05) is 37.3 Å². The molecule has 29 heavy (non-hydrogen) atoms. The van der Waals surface area contributed by atoms with Gasteiger partial charge in [-0.05, 0) is 30.7 Å². The molecule has 0 saturated carbocycles. The van der Waals surface area contributed by atoms with E-state index in [1.54, 1.807) is 12.1 Å². The number of ether oxygens (including phenoxy) is 2. The van der Waals surface area contributed by atoms with E-state index in [0.717, 1.165) is 49.7 Å². The number of amides is 1. The van der Waals surface area contributed by atoms with Gasteiger partial charge >= 0.3 is 0 Å². The van der Waals surface area contributed by atoms with Crippen LogP contribution in [0.3, 0.4) is 0 Å². The number of hydrogen-bond acceptors (Lipinski definition) is 5. The first-order valence-electron chi connectivity index (χ1n) is 9.28. The van der Waals surface area contributed by atoms with Crippen LogP contribution in [0.4, 0.5) is 5.69 Å². The summed E-state index contributed by atoms with van der Waals surface area (Å²) < 4.78 is 11.3. The van der Waals surface area contributed by atoms with Crippen LogP contribution in [0.25, 0.3) is 0 Å². The Balaban J connectivity index is 0.00000210. The molecule has 1 aliphatic rings. The van der Waals surface area contributed by atoms with Gasteiger partial charge in [0.2, 0.25) is 0 Å². The normalized spacial score (nSPS) is 13.7. The van der Waals surface area contributed by atoms with Crippen molar-refractivity contribution < 1.29 is 14.3 Å². The lowest BCUT2D eigenvalue weighted by molar-refractivity contribution is 0.0322.